The Balaban J connectivity index is 1.44. The minimum atomic E-state index is -3.63. The van der Waals surface area contributed by atoms with Gasteiger partial charge in [-0.3, -0.25) is 0 Å². The van der Waals surface area contributed by atoms with Crippen LogP contribution in [0, 0.1) is 0 Å². The van der Waals surface area contributed by atoms with Crippen LogP contribution >= 0.6 is 11.3 Å². The summed E-state index contributed by atoms with van der Waals surface area (Å²) in [6.07, 6.45) is 1.68. The summed E-state index contributed by atoms with van der Waals surface area (Å²) in [7, 11) is -3.63. The zero-order chi connectivity index (χ0) is 20.1. The average Bonchev–Trinajstić information content (AvgIpc) is 3.27. The molecule has 0 bridgehead atoms. The molecule has 1 heterocycles. The van der Waals surface area contributed by atoms with E-state index in [1.807, 2.05) is 53.9 Å². The molecule has 146 valence electrons. The zero-order valence-electron chi connectivity index (χ0n) is 15.4. The van der Waals surface area contributed by atoms with Crippen LogP contribution < -0.4 is 9.46 Å². The number of thiazole rings is 1. The normalized spacial score (nSPS) is 11.3. The van der Waals surface area contributed by atoms with E-state index in [1.54, 1.807) is 36.5 Å². The standard InChI is InChI=1S/C22H18N2O3S2/c25-29(26,21-8-4-7-19(15-21)18-5-2-1-3-6-18)24-16-17-9-11-20(12-10-17)27-22-23-13-14-28-22/h1-15,24H,16H2. The highest BCUT2D eigenvalue weighted by molar-refractivity contribution is 7.89. The topological polar surface area (TPSA) is 68.3 Å². The van der Waals surface area contributed by atoms with Crippen molar-refractivity contribution in [3.05, 3.63) is 96.0 Å². The van der Waals surface area contributed by atoms with Crippen LogP contribution in [0.2, 0.25) is 0 Å². The van der Waals surface area contributed by atoms with Crippen LogP contribution in [0.3, 0.4) is 0 Å². The number of rotatable bonds is 7. The van der Waals surface area contributed by atoms with Crippen LogP contribution in [0.15, 0.2) is 95.3 Å². The molecule has 0 amide bonds. The number of aromatic nitrogens is 1. The Bertz CT molecular complexity index is 1170. The third-order valence-electron chi connectivity index (χ3n) is 4.26. The first-order chi connectivity index (χ1) is 14.1. The molecule has 0 radical (unpaired) electrons. The molecule has 0 aliphatic carbocycles. The molecule has 0 saturated carbocycles. The Labute approximate surface area is 173 Å². The fraction of sp³-hybridized carbons (Fsp3) is 0.0455. The third kappa shape index (κ3) is 4.89. The molecular weight excluding hydrogens is 404 g/mol. The highest BCUT2D eigenvalue weighted by Gasteiger charge is 2.14. The van der Waals surface area contributed by atoms with Gasteiger partial charge < -0.3 is 4.74 Å². The minimum Gasteiger partial charge on any atom is -0.431 e. The van der Waals surface area contributed by atoms with Gasteiger partial charge in [-0.05, 0) is 41.0 Å². The van der Waals surface area contributed by atoms with E-state index in [0.29, 0.717) is 10.9 Å². The van der Waals surface area contributed by atoms with Gasteiger partial charge in [-0.15, -0.1) is 0 Å². The maximum Gasteiger partial charge on any atom is 0.278 e. The quantitative estimate of drug-likeness (QED) is 0.451. The molecule has 0 spiro atoms. The van der Waals surface area contributed by atoms with Crippen LogP contribution in [0.25, 0.3) is 11.1 Å². The Kier molecular flexibility index (Phi) is 5.71. The van der Waals surface area contributed by atoms with Crippen molar-refractivity contribution in [2.45, 2.75) is 11.4 Å². The SMILES string of the molecule is O=S(=O)(NCc1ccc(Oc2nccs2)cc1)c1cccc(-c2ccccc2)c1. The molecule has 4 rings (SSSR count). The van der Waals surface area contributed by atoms with Crippen molar-refractivity contribution in [3.8, 4) is 22.1 Å². The summed E-state index contributed by atoms with van der Waals surface area (Å²) in [6.45, 7) is 0.190. The Morgan fingerprint density at radius 2 is 1.66 bits per heavy atom. The number of sulfonamides is 1. The lowest BCUT2D eigenvalue weighted by atomic mass is 10.1. The molecule has 4 aromatic rings. The van der Waals surface area contributed by atoms with Gasteiger partial charge in [0.05, 0.1) is 4.90 Å². The molecular formula is C22H18N2O3S2. The van der Waals surface area contributed by atoms with Crippen LogP contribution in [0.5, 0.6) is 10.9 Å². The number of benzene rings is 3. The molecule has 0 aliphatic rings. The molecule has 0 aliphatic heterocycles. The fourth-order valence-electron chi connectivity index (χ4n) is 2.77. The summed E-state index contributed by atoms with van der Waals surface area (Å²) in [5, 5.41) is 2.40. The monoisotopic (exact) mass is 422 g/mol. The molecule has 0 unspecified atom stereocenters. The van der Waals surface area contributed by atoms with Crippen molar-refractivity contribution in [3.63, 3.8) is 0 Å². The predicted molar refractivity (Wildman–Crippen MR) is 115 cm³/mol. The van der Waals surface area contributed by atoms with Gasteiger partial charge >= 0.3 is 0 Å². The number of nitrogens with zero attached hydrogens (tertiary/aromatic N) is 1. The average molecular weight is 423 g/mol. The second-order valence-electron chi connectivity index (χ2n) is 6.26. The van der Waals surface area contributed by atoms with E-state index in [4.69, 9.17) is 4.74 Å². The molecule has 0 saturated heterocycles. The van der Waals surface area contributed by atoms with Gasteiger partial charge in [0.15, 0.2) is 0 Å². The summed E-state index contributed by atoms with van der Waals surface area (Å²) in [6, 6.07) is 23.9. The summed E-state index contributed by atoms with van der Waals surface area (Å²) < 4.78 is 33.7. The van der Waals surface area contributed by atoms with E-state index in [9.17, 15) is 8.42 Å². The summed E-state index contributed by atoms with van der Waals surface area (Å²) in [4.78, 5) is 4.31. The first-order valence-corrected chi connectivity index (χ1v) is 11.3. The largest absolute Gasteiger partial charge is 0.431 e. The van der Waals surface area contributed by atoms with Gasteiger partial charge in [-0.25, -0.2) is 18.1 Å². The molecule has 29 heavy (non-hydrogen) atoms. The highest BCUT2D eigenvalue weighted by atomic mass is 32.2. The number of ether oxygens (including phenoxy) is 1. The Morgan fingerprint density at radius 1 is 0.897 bits per heavy atom. The van der Waals surface area contributed by atoms with E-state index in [0.717, 1.165) is 16.7 Å². The zero-order valence-corrected chi connectivity index (χ0v) is 17.0. The van der Waals surface area contributed by atoms with E-state index in [2.05, 4.69) is 9.71 Å². The number of hydrogen-bond donors (Lipinski definition) is 1. The molecule has 7 heteroatoms. The third-order valence-corrected chi connectivity index (χ3v) is 6.30. The van der Waals surface area contributed by atoms with Gasteiger partial charge in [0.2, 0.25) is 10.0 Å². The molecule has 0 fully saturated rings. The predicted octanol–water partition coefficient (Wildman–Crippen LogP) is 5.08. The van der Waals surface area contributed by atoms with Crippen LogP contribution in [-0.2, 0) is 16.6 Å². The Hall–Kier alpha value is -3.00. The van der Waals surface area contributed by atoms with Crippen molar-refractivity contribution in [1.82, 2.24) is 9.71 Å². The molecule has 1 N–H and O–H groups in total. The molecule has 5 nitrogen and oxygen atoms in total. The van der Waals surface area contributed by atoms with Crippen LogP contribution in [0.4, 0.5) is 0 Å². The lowest BCUT2D eigenvalue weighted by Crippen LogP contribution is -2.23. The van der Waals surface area contributed by atoms with E-state index in [-0.39, 0.29) is 11.4 Å². The van der Waals surface area contributed by atoms with Crippen molar-refractivity contribution < 1.29 is 13.2 Å². The maximum absolute atomic E-state index is 12.7. The first kappa shape index (κ1) is 19.3. The maximum atomic E-state index is 12.7. The molecule has 1 aromatic heterocycles. The van der Waals surface area contributed by atoms with Crippen molar-refractivity contribution in [2.75, 3.05) is 0 Å². The van der Waals surface area contributed by atoms with Crippen molar-refractivity contribution >= 4 is 21.4 Å². The lowest BCUT2D eigenvalue weighted by Gasteiger charge is -2.09. The fourth-order valence-corrected chi connectivity index (χ4v) is 4.34. The highest BCUT2D eigenvalue weighted by Crippen LogP contribution is 2.24. The van der Waals surface area contributed by atoms with Gasteiger partial charge in [0.25, 0.3) is 5.19 Å². The van der Waals surface area contributed by atoms with Gasteiger partial charge in [0.1, 0.15) is 5.75 Å². The van der Waals surface area contributed by atoms with Crippen LogP contribution in [0.1, 0.15) is 5.56 Å². The van der Waals surface area contributed by atoms with E-state index >= 15 is 0 Å². The smallest absolute Gasteiger partial charge is 0.278 e. The molecule has 0 atom stereocenters. The minimum absolute atomic E-state index is 0.190. The number of nitrogens with one attached hydrogen (secondary N) is 1. The summed E-state index contributed by atoms with van der Waals surface area (Å²) in [5.41, 5.74) is 2.66. The Morgan fingerprint density at radius 3 is 2.38 bits per heavy atom. The van der Waals surface area contributed by atoms with Gasteiger partial charge in [0, 0.05) is 18.1 Å². The second kappa shape index (κ2) is 8.57. The van der Waals surface area contributed by atoms with Gasteiger partial charge in [-0.1, -0.05) is 65.9 Å². The van der Waals surface area contributed by atoms with E-state index in [1.165, 1.54) is 11.3 Å². The van der Waals surface area contributed by atoms with Gasteiger partial charge in [-0.2, -0.15) is 0 Å². The molecule has 3 aromatic carbocycles. The summed E-state index contributed by atoms with van der Waals surface area (Å²) >= 11 is 1.41. The second-order valence-corrected chi connectivity index (χ2v) is 8.89. The van der Waals surface area contributed by atoms with Crippen molar-refractivity contribution in [2.24, 2.45) is 0 Å². The first-order valence-electron chi connectivity index (χ1n) is 8.92. The summed E-state index contributed by atoms with van der Waals surface area (Å²) in [5.74, 6) is 0.655. The van der Waals surface area contributed by atoms with Crippen molar-refractivity contribution in [1.29, 1.82) is 0 Å². The lowest BCUT2D eigenvalue weighted by molar-refractivity contribution is 0.478. The number of hydrogen-bond acceptors (Lipinski definition) is 5. The van der Waals surface area contributed by atoms with Crippen LogP contribution in [-0.4, -0.2) is 13.4 Å². The van der Waals surface area contributed by atoms with E-state index < -0.39 is 10.0 Å².